The zero-order chi connectivity index (χ0) is 14.1. The van der Waals surface area contributed by atoms with Gasteiger partial charge in [0.25, 0.3) is 0 Å². The quantitative estimate of drug-likeness (QED) is 0.930. The summed E-state index contributed by atoms with van der Waals surface area (Å²) < 4.78 is 15.9. The number of aromatic carboxylic acids is 1. The Morgan fingerprint density at radius 1 is 1.15 bits per heavy atom. The third kappa shape index (κ3) is 2.03. The highest BCUT2D eigenvalue weighted by Crippen LogP contribution is 2.38. The molecule has 102 valence electrons. The maximum atomic E-state index is 11.0. The summed E-state index contributed by atoms with van der Waals surface area (Å²) in [7, 11) is 1.51. The van der Waals surface area contributed by atoms with Crippen LogP contribution in [-0.4, -0.2) is 25.0 Å². The van der Waals surface area contributed by atoms with Gasteiger partial charge in [-0.15, -0.1) is 0 Å². The highest BCUT2D eigenvalue weighted by atomic mass is 16.7. The molecule has 0 atom stereocenters. The molecule has 20 heavy (non-hydrogen) atoms. The molecule has 0 unspecified atom stereocenters. The molecule has 0 bridgehead atoms. The Labute approximate surface area is 115 Å². The van der Waals surface area contributed by atoms with Crippen LogP contribution in [0.2, 0.25) is 0 Å². The molecule has 0 spiro atoms. The zero-order valence-electron chi connectivity index (χ0n) is 10.8. The van der Waals surface area contributed by atoms with E-state index >= 15 is 0 Å². The third-order valence-electron chi connectivity index (χ3n) is 3.13. The van der Waals surface area contributed by atoms with Crippen molar-refractivity contribution >= 4 is 5.97 Å². The number of carbonyl (C=O) groups is 1. The van der Waals surface area contributed by atoms with Crippen molar-refractivity contribution in [1.82, 2.24) is 0 Å². The number of carboxylic acids is 1. The van der Waals surface area contributed by atoms with Gasteiger partial charge >= 0.3 is 5.97 Å². The summed E-state index contributed by atoms with van der Waals surface area (Å²) >= 11 is 0. The first kappa shape index (κ1) is 12.3. The Bertz CT molecular complexity index is 678. The predicted octanol–water partition coefficient (Wildman–Crippen LogP) is 2.79. The van der Waals surface area contributed by atoms with E-state index in [-0.39, 0.29) is 12.4 Å². The van der Waals surface area contributed by atoms with Crippen LogP contribution in [0.3, 0.4) is 0 Å². The van der Waals surface area contributed by atoms with E-state index in [1.54, 1.807) is 12.1 Å². The number of carboxylic acid groups (broad SMARTS) is 1. The smallest absolute Gasteiger partial charge is 0.335 e. The summed E-state index contributed by atoms with van der Waals surface area (Å²) in [6.45, 7) is 0.216. The lowest BCUT2D eigenvalue weighted by Gasteiger charge is -2.10. The molecule has 0 fully saturated rings. The lowest BCUT2D eigenvalue weighted by atomic mass is 10.0. The van der Waals surface area contributed by atoms with Gasteiger partial charge in [-0.05, 0) is 35.9 Å². The highest BCUT2D eigenvalue weighted by Gasteiger charge is 2.16. The predicted molar refractivity (Wildman–Crippen MR) is 71.5 cm³/mol. The van der Waals surface area contributed by atoms with E-state index in [0.717, 1.165) is 11.1 Å². The van der Waals surface area contributed by atoms with Crippen molar-refractivity contribution in [3.05, 3.63) is 42.0 Å². The van der Waals surface area contributed by atoms with E-state index in [2.05, 4.69) is 0 Å². The summed E-state index contributed by atoms with van der Waals surface area (Å²) in [5, 5.41) is 9.00. The van der Waals surface area contributed by atoms with Crippen molar-refractivity contribution in [1.29, 1.82) is 0 Å². The van der Waals surface area contributed by atoms with Gasteiger partial charge in [-0.25, -0.2) is 4.79 Å². The maximum absolute atomic E-state index is 11.0. The molecule has 5 nitrogen and oxygen atoms in total. The minimum absolute atomic E-state index is 0.186. The van der Waals surface area contributed by atoms with Crippen LogP contribution in [0.4, 0.5) is 0 Å². The van der Waals surface area contributed by atoms with Crippen molar-refractivity contribution < 1.29 is 24.1 Å². The second-order valence-corrected chi connectivity index (χ2v) is 4.29. The lowest BCUT2D eigenvalue weighted by molar-refractivity contribution is 0.0696. The molecule has 1 heterocycles. The average molecular weight is 272 g/mol. The van der Waals surface area contributed by atoms with Crippen molar-refractivity contribution in [2.45, 2.75) is 0 Å². The van der Waals surface area contributed by atoms with Gasteiger partial charge in [-0.3, -0.25) is 0 Å². The van der Waals surface area contributed by atoms with Gasteiger partial charge in [0, 0.05) is 5.56 Å². The summed E-state index contributed by atoms with van der Waals surface area (Å²) in [5.74, 6) is 0.894. The summed E-state index contributed by atoms with van der Waals surface area (Å²) in [4.78, 5) is 11.0. The molecule has 1 aliphatic rings. The van der Waals surface area contributed by atoms with Crippen LogP contribution in [0.25, 0.3) is 11.1 Å². The van der Waals surface area contributed by atoms with Crippen LogP contribution in [0.1, 0.15) is 10.4 Å². The maximum Gasteiger partial charge on any atom is 0.335 e. The topological polar surface area (TPSA) is 65.0 Å². The lowest BCUT2D eigenvalue weighted by Crippen LogP contribution is -1.98. The monoisotopic (exact) mass is 272 g/mol. The van der Waals surface area contributed by atoms with E-state index in [4.69, 9.17) is 19.3 Å². The number of fused-ring (bicyclic) bond motifs is 1. The van der Waals surface area contributed by atoms with Gasteiger partial charge in [0.1, 0.15) is 5.75 Å². The van der Waals surface area contributed by atoms with Crippen LogP contribution < -0.4 is 14.2 Å². The fraction of sp³-hybridized carbons (Fsp3) is 0.133. The molecule has 0 saturated carbocycles. The van der Waals surface area contributed by atoms with Crippen LogP contribution in [0.15, 0.2) is 36.4 Å². The first-order valence-electron chi connectivity index (χ1n) is 6.00. The fourth-order valence-electron chi connectivity index (χ4n) is 2.13. The molecule has 1 N–H and O–H groups in total. The first-order chi connectivity index (χ1) is 9.69. The fourth-order valence-corrected chi connectivity index (χ4v) is 2.13. The van der Waals surface area contributed by atoms with Gasteiger partial charge in [0.2, 0.25) is 6.79 Å². The third-order valence-corrected chi connectivity index (χ3v) is 3.13. The van der Waals surface area contributed by atoms with E-state index in [1.807, 2.05) is 18.2 Å². The zero-order valence-corrected chi connectivity index (χ0v) is 10.8. The largest absolute Gasteiger partial charge is 0.496 e. The van der Waals surface area contributed by atoms with Crippen molar-refractivity contribution in [2.24, 2.45) is 0 Å². The molecule has 0 radical (unpaired) electrons. The minimum Gasteiger partial charge on any atom is -0.496 e. The van der Waals surface area contributed by atoms with E-state index in [0.29, 0.717) is 17.2 Å². The molecule has 3 rings (SSSR count). The Morgan fingerprint density at radius 2 is 1.95 bits per heavy atom. The summed E-state index contributed by atoms with van der Waals surface area (Å²) in [5.41, 5.74) is 1.87. The van der Waals surface area contributed by atoms with E-state index in [1.165, 1.54) is 13.2 Å². The summed E-state index contributed by atoms with van der Waals surface area (Å²) in [6.07, 6.45) is 0. The van der Waals surface area contributed by atoms with E-state index < -0.39 is 5.97 Å². The van der Waals surface area contributed by atoms with Crippen LogP contribution >= 0.6 is 0 Å². The number of ether oxygens (including phenoxy) is 3. The molecule has 2 aromatic rings. The normalized spacial score (nSPS) is 12.2. The van der Waals surface area contributed by atoms with Gasteiger partial charge in [0.15, 0.2) is 11.5 Å². The first-order valence-corrected chi connectivity index (χ1v) is 6.00. The minimum atomic E-state index is -0.986. The number of methoxy groups -OCH3 is 1. The highest BCUT2D eigenvalue weighted by molar-refractivity contribution is 5.89. The average Bonchev–Trinajstić information content (AvgIpc) is 2.93. The van der Waals surface area contributed by atoms with Gasteiger partial charge in [-0.2, -0.15) is 0 Å². The molecular formula is C15H12O5. The number of benzene rings is 2. The van der Waals surface area contributed by atoms with Crippen LogP contribution in [0.5, 0.6) is 17.2 Å². The number of rotatable bonds is 3. The van der Waals surface area contributed by atoms with Gasteiger partial charge < -0.3 is 19.3 Å². The molecule has 2 aromatic carbocycles. The van der Waals surface area contributed by atoms with Crippen molar-refractivity contribution in [2.75, 3.05) is 13.9 Å². The van der Waals surface area contributed by atoms with Gasteiger partial charge in [-0.1, -0.05) is 6.07 Å². The molecular weight excluding hydrogens is 260 g/mol. The second kappa shape index (κ2) is 4.77. The van der Waals surface area contributed by atoms with Crippen molar-refractivity contribution in [3.8, 4) is 28.4 Å². The number of hydrogen-bond acceptors (Lipinski definition) is 4. The molecule has 1 aliphatic heterocycles. The molecule has 0 amide bonds. The van der Waals surface area contributed by atoms with Crippen LogP contribution in [-0.2, 0) is 0 Å². The molecule has 5 heteroatoms. The van der Waals surface area contributed by atoms with Gasteiger partial charge in [0.05, 0.1) is 12.7 Å². The summed E-state index contributed by atoms with van der Waals surface area (Å²) in [6, 6.07) is 10.3. The van der Waals surface area contributed by atoms with E-state index in [9.17, 15) is 4.79 Å². The molecule has 0 aromatic heterocycles. The molecule has 0 aliphatic carbocycles. The SMILES string of the molecule is COc1cc(C(=O)O)ccc1-c1ccc2c(c1)OCO2. The Kier molecular flexibility index (Phi) is 2.95. The number of hydrogen-bond donors (Lipinski definition) is 1. The van der Waals surface area contributed by atoms with Crippen molar-refractivity contribution in [3.63, 3.8) is 0 Å². The Morgan fingerprint density at radius 3 is 2.70 bits per heavy atom. The second-order valence-electron chi connectivity index (χ2n) is 4.29. The Balaban J connectivity index is 2.07. The molecule has 0 saturated heterocycles. The standard InChI is InChI=1S/C15H12O5/c1-18-13-7-10(15(16)17)2-4-11(13)9-3-5-12-14(6-9)20-8-19-12/h2-7H,8H2,1H3,(H,16,17). The van der Waals surface area contributed by atoms with Crippen LogP contribution in [0, 0.1) is 0 Å². The Hall–Kier alpha value is -2.69.